The van der Waals surface area contributed by atoms with Crippen LogP contribution in [0.5, 0.6) is 0 Å². The van der Waals surface area contributed by atoms with Gasteiger partial charge in [-0.1, -0.05) is 13.0 Å². The van der Waals surface area contributed by atoms with E-state index in [9.17, 15) is 4.39 Å². The predicted octanol–water partition coefficient (Wildman–Crippen LogP) is 3.54. The Bertz CT molecular complexity index is 557. The van der Waals surface area contributed by atoms with Crippen LogP contribution in [0.4, 0.5) is 4.39 Å². The van der Waals surface area contributed by atoms with Gasteiger partial charge in [-0.2, -0.15) is 5.10 Å². The number of rotatable bonds is 7. The SMILES string of the molecule is CCCNC(CCc1ccnn1C)c1cc(C)cc(F)c1. The summed E-state index contributed by atoms with van der Waals surface area (Å²) in [6.07, 6.45) is 4.74. The minimum atomic E-state index is -0.158. The molecule has 3 nitrogen and oxygen atoms in total. The lowest BCUT2D eigenvalue weighted by Gasteiger charge is -2.20. The molecule has 0 aliphatic heterocycles. The molecule has 0 fully saturated rings. The zero-order valence-corrected chi connectivity index (χ0v) is 13.1. The van der Waals surface area contributed by atoms with Crippen LogP contribution in [0, 0.1) is 12.7 Å². The average Bonchev–Trinajstić information content (AvgIpc) is 2.83. The van der Waals surface area contributed by atoms with Crippen LogP contribution in [0.1, 0.15) is 42.6 Å². The molecule has 1 aromatic carbocycles. The van der Waals surface area contributed by atoms with Crippen LogP contribution in [-0.2, 0) is 13.5 Å². The highest BCUT2D eigenvalue weighted by atomic mass is 19.1. The van der Waals surface area contributed by atoms with E-state index in [0.717, 1.165) is 36.9 Å². The summed E-state index contributed by atoms with van der Waals surface area (Å²) in [6.45, 7) is 5.01. The number of aryl methyl sites for hydroxylation is 3. The summed E-state index contributed by atoms with van der Waals surface area (Å²) in [5.41, 5.74) is 3.20. The van der Waals surface area contributed by atoms with Crippen molar-refractivity contribution in [3.8, 4) is 0 Å². The highest BCUT2D eigenvalue weighted by Gasteiger charge is 2.13. The van der Waals surface area contributed by atoms with E-state index in [0.29, 0.717) is 0 Å². The molecular formula is C17H24FN3. The first kappa shape index (κ1) is 15.7. The molecule has 0 aliphatic rings. The monoisotopic (exact) mass is 289 g/mol. The Kier molecular flexibility index (Phi) is 5.51. The molecule has 21 heavy (non-hydrogen) atoms. The van der Waals surface area contributed by atoms with E-state index in [1.165, 1.54) is 5.69 Å². The van der Waals surface area contributed by atoms with Gasteiger partial charge in [-0.05, 0) is 62.1 Å². The highest BCUT2D eigenvalue weighted by molar-refractivity contribution is 5.26. The lowest BCUT2D eigenvalue weighted by molar-refractivity contribution is 0.488. The largest absolute Gasteiger partial charge is 0.310 e. The fourth-order valence-electron chi connectivity index (χ4n) is 2.61. The Morgan fingerprint density at radius 1 is 1.33 bits per heavy atom. The first-order valence-electron chi connectivity index (χ1n) is 7.57. The molecule has 1 heterocycles. The zero-order valence-electron chi connectivity index (χ0n) is 13.1. The molecular weight excluding hydrogens is 265 g/mol. The van der Waals surface area contributed by atoms with Gasteiger partial charge in [-0.3, -0.25) is 4.68 Å². The molecule has 2 rings (SSSR count). The summed E-state index contributed by atoms with van der Waals surface area (Å²) >= 11 is 0. The van der Waals surface area contributed by atoms with Crippen LogP contribution in [0.15, 0.2) is 30.5 Å². The highest BCUT2D eigenvalue weighted by Crippen LogP contribution is 2.21. The predicted molar refractivity (Wildman–Crippen MR) is 83.7 cm³/mol. The van der Waals surface area contributed by atoms with Gasteiger partial charge in [0, 0.05) is 25.0 Å². The average molecular weight is 289 g/mol. The van der Waals surface area contributed by atoms with Crippen LogP contribution in [-0.4, -0.2) is 16.3 Å². The molecule has 0 radical (unpaired) electrons. The standard InChI is InChI=1S/C17H24FN3/c1-4-8-19-17(6-5-16-7-9-20-21(16)3)14-10-13(2)11-15(18)12-14/h7,9-12,17,19H,4-6,8H2,1-3H3. The third-order valence-electron chi connectivity index (χ3n) is 3.72. The molecule has 0 bridgehead atoms. The first-order chi connectivity index (χ1) is 10.1. The third kappa shape index (κ3) is 4.39. The summed E-state index contributed by atoms with van der Waals surface area (Å²) in [5, 5.41) is 7.72. The molecule has 0 saturated carbocycles. The van der Waals surface area contributed by atoms with Gasteiger partial charge in [0.15, 0.2) is 0 Å². The number of aromatic nitrogens is 2. The molecule has 0 aliphatic carbocycles. The number of halogens is 1. The fourth-order valence-corrected chi connectivity index (χ4v) is 2.61. The normalized spacial score (nSPS) is 12.6. The smallest absolute Gasteiger partial charge is 0.123 e. The maximum atomic E-state index is 13.6. The third-order valence-corrected chi connectivity index (χ3v) is 3.72. The van der Waals surface area contributed by atoms with Gasteiger partial charge >= 0.3 is 0 Å². The van der Waals surface area contributed by atoms with Crippen molar-refractivity contribution in [3.05, 3.63) is 53.1 Å². The molecule has 2 aromatic rings. The van der Waals surface area contributed by atoms with E-state index in [1.807, 2.05) is 30.9 Å². The Labute approximate surface area is 126 Å². The van der Waals surface area contributed by atoms with Gasteiger partial charge in [0.25, 0.3) is 0 Å². The lowest BCUT2D eigenvalue weighted by Crippen LogP contribution is -2.23. The molecule has 1 aromatic heterocycles. The van der Waals surface area contributed by atoms with Gasteiger partial charge in [0.05, 0.1) is 0 Å². The molecule has 0 spiro atoms. The molecule has 4 heteroatoms. The van der Waals surface area contributed by atoms with Crippen molar-refractivity contribution in [2.75, 3.05) is 6.54 Å². The van der Waals surface area contributed by atoms with Crippen molar-refractivity contribution < 1.29 is 4.39 Å². The van der Waals surface area contributed by atoms with Gasteiger partial charge in [-0.25, -0.2) is 4.39 Å². The summed E-state index contributed by atoms with van der Waals surface area (Å²) in [5.74, 6) is -0.158. The van der Waals surface area contributed by atoms with Crippen molar-refractivity contribution in [2.45, 2.75) is 39.2 Å². The number of nitrogens with zero attached hydrogens (tertiary/aromatic N) is 2. The summed E-state index contributed by atoms with van der Waals surface area (Å²) < 4.78 is 15.5. The fraction of sp³-hybridized carbons (Fsp3) is 0.471. The Morgan fingerprint density at radius 2 is 2.14 bits per heavy atom. The van der Waals surface area contributed by atoms with Crippen molar-refractivity contribution in [1.82, 2.24) is 15.1 Å². The molecule has 0 amide bonds. The molecule has 1 unspecified atom stereocenters. The summed E-state index contributed by atoms with van der Waals surface area (Å²) in [6, 6.07) is 7.49. The summed E-state index contributed by atoms with van der Waals surface area (Å²) in [4.78, 5) is 0. The second-order valence-corrected chi connectivity index (χ2v) is 5.55. The van der Waals surface area contributed by atoms with Crippen LogP contribution in [0.3, 0.4) is 0 Å². The van der Waals surface area contributed by atoms with Gasteiger partial charge in [0.1, 0.15) is 5.82 Å². The lowest BCUT2D eigenvalue weighted by atomic mass is 9.99. The zero-order chi connectivity index (χ0) is 15.2. The van der Waals surface area contributed by atoms with Crippen LogP contribution < -0.4 is 5.32 Å². The molecule has 0 saturated heterocycles. The van der Waals surface area contributed by atoms with E-state index >= 15 is 0 Å². The van der Waals surface area contributed by atoms with E-state index in [2.05, 4.69) is 23.4 Å². The van der Waals surface area contributed by atoms with E-state index in [4.69, 9.17) is 0 Å². The van der Waals surface area contributed by atoms with Crippen molar-refractivity contribution >= 4 is 0 Å². The number of benzene rings is 1. The van der Waals surface area contributed by atoms with Crippen molar-refractivity contribution in [3.63, 3.8) is 0 Å². The summed E-state index contributed by atoms with van der Waals surface area (Å²) in [7, 11) is 1.95. The second kappa shape index (κ2) is 7.36. The van der Waals surface area contributed by atoms with Crippen LogP contribution in [0.2, 0.25) is 0 Å². The van der Waals surface area contributed by atoms with Gasteiger partial charge in [0.2, 0.25) is 0 Å². The minimum Gasteiger partial charge on any atom is -0.310 e. The minimum absolute atomic E-state index is 0.158. The topological polar surface area (TPSA) is 29.9 Å². The van der Waals surface area contributed by atoms with Crippen LogP contribution in [0.25, 0.3) is 0 Å². The van der Waals surface area contributed by atoms with Gasteiger partial charge in [-0.15, -0.1) is 0 Å². The van der Waals surface area contributed by atoms with E-state index in [1.54, 1.807) is 12.1 Å². The maximum absolute atomic E-state index is 13.6. The van der Waals surface area contributed by atoms with Gasteiger partial charge < -0.3 is 5.32 Å². The Balaban J connectivity index is 2.11. The Morgan fingerprint density at radius 3 is 2.76 bits per heavy atom. The number of hydrogen-bond donors (Lipinski definition) is 1. The number of nitrogens with one attached hydrogen (secondary N) is 1. The van der Waals surface area contributed by atoms with Crippen molar-refractivity contribution in [1.29, 1.82) is 0 Å². The van der Waals surface area contributed by atoms with Crippen molar-refractivity contribution in [2.24, 2.45) is 7.05 Å². The number of hydrogen-bond acceptors (Lipinski definition) is 2. The second-order valence-electron chi connectivity index (χ2n) is 5.55. The van der Waals surface area contributed by atoms with Crippen LogP contribution >= 0.6 is 0 Å². The Hall–Kier alpha value is -1.68. The first-order valence-corrected chi connectivity index (χ1v) is 7.57. The van der Waals surface area contributed by atoms with E-state index in [-0.39, 0.29) is 11.9 Å². The maximum Gasteiger partial charge on any atom is 0.123 e. The van der Waals surface area contributed by atoms with E-state index < -0.39 is 0 Å². The molecule has 114 valence electrons. The quantitative estimate of drug-likeness (QED) is 0.845. The molecule has 1 N–H and O–H groups in total. The molecule has 1 atom stereocenters.